The van der Waals surface area contributed by atoms with E-state index in [0.717, 1.165) is 24.6 Å². The number of pyridine rings is 1. The van der Waals surface area contributed by atoms with Crippen LogP contribution in [0.2, 0.25) is 0 Å². The number of amides is 1. The van der Waals surface area contributed by atoms with Crippen LogP contribution in [0.25, 0.3) is 0 Å². The van der Waals surface area contributed by atoms with E-state index < -0.39 is 0 Å². The van der Waals surface area contributed by atoms with Gasteiger partial charge in [-0.1, -0.05) is 6.07 Å². The molecule has 2 aliphatic rings. The number of nitrogens with one attached hydrogen (secondary N) is 1. The minimum atomic E-state index is -0.255. The average Bonchev–Trinajstić information content (AvgIpc) is 3.37. The van der Waals surface area contributed by atoms with E-state index in [1.54, 1.807) is 18.5 Å². The SMILES string of the molecule is O=C(N[C@@H]1CCOC[C@H]1Oc1ccccn1)c1cnc(CN2CCCC2)s1. The molecular weight excluding hydrogens is 364 g/mol. The molecule has 4 heterocycles. The van der Waals surface area contributed by atoms with Gasteiger partial charge in [-0.05, 0) is 38.4 Å². The van der Waals surface area contributed by atoms with Gasteiger partial charge in [0.2, 0.25) is 5.88 Å². The molecule has 0 aliphatic carbocycles. The molecule has 0 radical (unpaired) electrons. The molecular formula is C19H24N4O3S. The maximum atomic E-state index is 12.7. The lowest BCUT2D eigenvalue weighted by Crippen LogP contribution is -2.51. The van der Waals surface area contributed by atoms with Gasteiger partial charge in [-0.15, -0.1) is 11.3 Å². The minimum absolute atomic E-state index is 0.0957. The highest BCUT2D eigenvalue weighted by molar-refractivity contribution is 7.13. The van der Waals surface area contributed by atoms with Crippen LogP contribution in [0.3, 0.4) is 0 Å². The van der Waals surface area contributed by atoms with Crippen LogP contribution in [-0.2, 0) is 11.3 Å². The van der Waals surface area contributed by atoms with E-state index in [2.05, 4.69) is 20.2 Å². The highest BCUT2D eigenvalue weighted by atomic mass is 32.1. The summed E-state index contributed by atoms with van der Waals surface area (Å²) in [6, 6.07) is 5.41. The summed E-state index contributed by atoms with van der Waals surface area (Å²) in [5.74, 6) is 0.444. The largest absolute Gasteiger partial charge is 0.470 e. The quantitative estimate of drug-likeness (QED) is 0.817. The van der Waals surface area contributed by atoms with Gasteiger partial charge in [0.05, 0.1) is 25.4 Å². The second kappa shape index (κ2) is 8.77. The van der Waals surface area contributed by atoms with Crippen molar-refractivity contribution in [2.24, 2.45) is 0 Å². The summed E-state index contributed by atoms with van der Waals surface area (Å²) in [5, 5.41) is 4.09. The first kappa shape index (κ1) is 18.3. The molecule has 8 heteroatoms. The Balaban J connectivity index is 1.36. The number of rotatable bonds is 6. The lowest BCUT2D eigenvalue weighted by Gasteiger charge is -2.31. The molecule has 7 nitrogen and oxygen atoms in total. The topological polar surface area (TPSA) is 76.6 Å². The van der Waals surface area contributed by atoms with Gasteiger partial charge in [-0.25, -0.2) is 9.97 Å². The van der Waals surface area contributed by atoms with Crippen molar-refractivity contribution in [1.82, 2.24) is 20.2 Å². The standard InChI is InChI=1S/C19H24N4O3S/c24-19(16-11-21-18(27-16)12-23-8-3-4-9-23)22-14-6-10-25-13-15(14)26-17-5-1-2-7-20-17/h1-2,5,7,11,14-15H,3-4,6,8-10,12-13H2,(H,22,24)/t14-,15-/m1/s1. The summed E-state index contributed by atoms with van der Waals surface area (Å²) in [6.45, 7) is 4.12. The zero-order valence-corrected chi connectivity index (χ0v) is 16.0. The molecule has 2 aromatic heterocycles. The fraction of sp³-hybridized carbons (Fsp3) is 0.526. The molecule has 2 fully saturated rings. The molecule has 0 saturated carbocycles. The number of hydrogen-bond acceptors (Lipinski definition) is 7. The van der Waals surface area contributed by atoms with Crippen molar-refractivity contribution >= 4 is 17.2 Å². The van der Waals surface area contributed by atoms with E-state index in [4.69, 9.17) is 9.47 Å². The monoisotopic (exact) mass is 388 g/mol. The Morgan fingerprint density at radius 3 is 3.04 bits per heavy atom. The van der Waals surface area contributed by atoms with Crippen LogP contribution in [0.5, 0.6) is 5.88 Å². The molecule has 2 saturated heterocycles. The Hall–Kier alpha value is -2.03. The molecule has 1 N–H and O–H groups in total. The Labute approximate surface area is 162 Å². The highest BCUT2D eigenvalue weighted by Gasteiger charge is 2.30. The Kier molecular flexibility index (Phi) is 5.96. The molecule has 144 valence electrons. The molecule has 4 rings (SSSR count). The van der Waals surface area contributed by atoms with E-state index in [1.165, 1.54) is 24.2 Å². The first-order valence-electron chi connectivity index (χ1n) is 9.41. The van der Waals surface area contributed by atoms with Crippen molar-refractivity contribution in [1.29, 1.82) is 0 Å². The zero-order valence-electron chi connectivity index (χ0n) is 15.2. The number of hydrogen-bond donors (Lipinski definition) is 1. The molecule has 2 aromatic rings. The molecule has 0 aromatic carbocycles. The zero-order chi connectivity index (χ0) is 18.5. The normalized spacial score (nSPS) is 23.3. The van der Waals surface area contributed by atoms with Gasteiger partial charge in [-0.2, -0.15) is 0 Å². The fourth-order valence-corrected chi connectivity index (χ4v) is 4.29. The number of aromatic nitrogens is 2. The van der Waals surface area contributed by atoms with Crippen LogP contribution in [0.15, 0.2) is 30.6 Å². The number of thiazole rings is 1. The summed E-state index contributed by atoms with van der Waals surface area (Å²) in [4.78, 5) is 24.3. The molecule has 2 aliphatic heterocycles. The number of likely N-dealkylation sites (tertiary alicyclic amines) is 1. The van der Waals surface area contributed by atoms with Crippen LogP contribution >= 0.6 is 11.3 Å². The van der Waals surface area contributed by atoms with E-state index in [0.29, 0.717) is 30.4 Å². The average molecular weight is 388 g/mol. The summed E-state index contributed by atoms with van der Waals surface area (Å²) in [5.41, 5.74) is 0. The molecule has 0 spiro atoms. The third-order valence-corrected chi connectivity index (χ3v) is 5.85. The third-order valence-electron chi connectivity index (χ3n) is 4.87. The Morgan fingerprint density at radius 2 is 2.22 bits per heavy atom. The number of ether oxygens (including phenoxy) is 2. The van der Waals surface area contributed by atoms with Gasteiger partial charge in [0.1, 0.15) is 16.0 Å². The lowest BCUT2D eigenvalue weighted by atomic mass is 10.1. The molecule has 27 heavy (non-hydrogen) atoms. The summed E-state index contributed by atoms with van der Waals surface area (Å²) >= 11 is 1.47. The first-order chi connectivity index (χ1) is 13.3. The molecule has 0 unspecified atom stereocenters. The summed E-state index contributed by atoms with van der Waals surface area (Å²) in [6.07, 6.45) is 6.32. The van der Waals surface area contributed by atoms with E-state index in [9.17, 15) is 4.79 Å². The molecule has 0 bridgehead atoms. The molecule has 2 atom stereocenters. The van der Waals surface area contributed by atoms with Gasteiger partial charge in [0.15, 0.2) is 0 Å². The highest BCUT2D eigenvalue weighted by Crippen LogP contribution is 2.20. The van der Waals surface area contributed by atoms with E-state index in [1.807, 2.05) is 12.1 Å². The smallest absolute Gasteiger partial charge is 0.263 e. The maximum absolute atomic E-state index is 12.7. The van der Waals surface area contributed by atoms with E-state index >= 15 is 0 Å². The second-order valence-electron chi connectivity index (χ2n) is 6.87. The van der Waals surface area contributed by atoms with Gasteiger partial charge in [-0.3, -0.25) is 9.69 Å². The number of carbonyl (C=O) groups excluding carboxylic acids is 1. The summed E-state index contributed by atoms with van der Waals surface area (Å²) in [7, 11) is 0. The number of nitrogens with zero attached hydrogens (tertiary/aromatic N) is 3. The van der Waals surface area contributed by atoms with Crippen molar-refractivity contribution in [3.05, 3.63) is 40.5 Å². The van der Waals surface area contributed by atoms with Crippen molar-refractivity contribution < 1.29 is 14.3 Å². The Morgan fingerprint density at radius 1 is 1.33 bits per heavy atom. The van der Waals surface area contributed by atoms with Crippen molar-refractivity contribution in [2.45, 2.75) is 38.0 Å². The lowest BCUT2D eigenvalue weighted by molar-refractivity contribution is -0.0152. The Bertz CT molecular complexity index is 748. The first-order valence-corrected chi connectivity index (χ1v) is 10.2. The minimum Gasteiger partial charge on any atom is -0.470 e. The van der Waals surface area contributed by atoms with Crippen molar-refractivity contribution in [3.63, 3.8) is 0 Å². The molecule has 1 amide bonds. The van der Waals surface area contributed by atoms with Gasteiger partial charge in [0.25, 0.3) is 5.91 Å². The van der Waals surface area contributed by atoms with Gasteiger partial charge < -0.3 is 14.8 Å². The predicted octanol–water partition coefficient (Wildman–Crippen LogP) is 2.10. The number of carbonyl (C=O) groups is 1. The van der Waals surface area contributed by atoms with Crippen molar-refractivity contribution in [3.8, 4) is 5.88 Å². The van der Waals surface area contributed by atoms with E-state index in [-0.39, 0.29) is 18.1 Å². The van der Waals surface area contributed by atoms with Gasteiger partial charge >= 0.3 is 0 Å². The van der Waals surface area contributed by atoms with Crippen LogP contribution < -0.4 is 10.1 Å². The van der Waals surface area contributed by atoms with Crippen LogP contribution in [0, 0.1) is 0 Å². The predicted molar refractivity (Wildman–Crippen MR) is 102 cm³/mol. The van der Waals surface area contributed by atoms with Crippen LogP contribution in [-0.4, -0.2) is 59.2 Å². The second-order valence-corrected chi connectivity index (χ2v) is 7.98. The third kappa shape index (κ3) is 4.82. The van der Waals surface area contributed by atoms with Crippen LogP contribution in [0.4, 0.5) is 0 Å². The van der Waals surface area contributed by atoms with Crippen LogP contribution in [0.1, 0.15) is 33.9 Å². The summed E-state index contributed by atoms with van der Waals surface area (Å²) < 4.78 is 11.5. The van der Waals surface area contributed by atoms with Crippen molar-refractivity contribution in [2.75, 3.05) is 26.3 Å². The maximum Gasteiger partial charge on any atom is 0.263 e. The van der Waals surface area contributed by atoms with Gasteiger partial charge in [0, 0.05) is 18.9 Å². The fourth-order valence-electron chi connectivity index (χ4n) is 3.42.